The van der Waals surface area contributed by atoms with E-state index in [0.29, 0.717) is 0 Å². The van der Waals surface area contributed by atoms with E-state index >= 15 is 0 Å². The topological polar surface area (TPSA) is 39.2 Å². The Kier molecular flexibility index (Phi) is 3.55. The van der Waals surface area contributed by atoms with Crippen molar-refractivity contribution in [2.24, 2.45) is 5.73 Å². The molecule has 2 N–H and O–H groups in total. The number of aryl methyl sites for hydroxylation is 2. The predicted molar refractivity (Wildman–Crippen MR) is 70.3 cm³/mol. The van der Waals surface area contributed by atoms with Gasteiger partial charge in [0.05, 0.1) is 6.04 Å². The van der Waals surface area contributed by atoms with Crippen LogP contribution in [0.5, 0.6) is 0 Å². The Bertz CT molecular complexity index is 499. The first kappa shape index (κ1) is 12.2. The normalized spacial score (nSPS) is 12.7. The maximum absolute atomic E-state index is 6.12. The van der Waals surface area contributed by atoms with Crippen LogP contribution in [0.4, 0.5) is 0 Å². The molecule has 0 spiro atoms. The second-order valence-corrected chi connectivity index (χ2v) is 4.76. The van der Waals surface area contributed by atoms with Crippen LogP contribution in [-0.2, 0) is 6.42 Å². The molecule has 0 radical (unpaired) electrons. The third-order valence-electron chi connectivity index (χ3n) is 2.90. The number of benzene rings is 1. The maximum Gasteiger partial charge on any atom is 0.121 e. The first-order valence-corrected chi connectivity index (χ1v) is 6.01. The molecule has 0 amide bonds. The van der Waals surface area contributed by atoms with Crippen LogP contribution in [-0.4, -0.2) is 0 Å². The van der Waals surface area contributed by atoms with E-state index in [4.69, 9.17) is 21.8 Å². The second kappa shape index (κ2) is 4.94. The van der Waals surface area contributed by atoms with Crippen molar-refractivity contribution in [3.8, 4) is 0 Å². The average molecular weight is 250 g/mol. The van der Waals surface area contributed by atoms with Crippen LogP contribution in [0.3, 0.4) is 0 Å². The van der Waals surface area contributed by atoms with E-state index < -0.39 is 0 Å². The third kappa shape index (κ3) is 2.90. The highest BCUT2D eigenvalue weighted by atomic mass is 35.5. The average Bonchev–Trinajstić information content (AvgIpc) is 2.59. The fraction of sp³-hybridized carbons (Fsp3) is 0.286. The monoisotopic (exact) mass is 249 g/mol. The SMILES string of the molecule is Cc1cc(C(N)Cc2cccc(Cl)c2)oc1C. The van der Waals surface area contributed by atoms with Gasteiger partial charge in [-0.2, -0.15) is 0 Å². The van der Waals surface area contributed by atoms with Crippen LogP contribution in [0, 0.1) is 13.8 Å². The highest BCUT2D eigenvalue weighted by Crippen LogP contribution is 2.22. The molecule has 0 aliphatic heterocycles. The first-order valence-electron chi connectivity index (χ1n) is 5.63. The lowest BCUT2D eigenvalue weighted by atomic mass is 10.0. The number of hydrogen-bond donors (Lipinski definition) is 1. The fourth-order valence-corrected chi connectivity index (χ4v) is 2.02. The lowest BCUT2D eigenvalue weighted by Gasteiger charge is -2.08. The fourth-order valence-electron chi connectivity index (χ4n) is 1.80. The predicted octanol–water partition coefficient (Wildman–Crippen LogP) is 3.79. The Morgan fingerprint density at radius 3 is 2.65 bits per heavy atom. The standard InChI is InChI=1S/C14H16ClNO/c1-9-6-14(17-10(9)2)13(16)8-11-4-3-5-12(15)7-11/h3-7,13H,8,16H2,1-2H3. The van der Waals surface area contributed by atoms with Gasteiger partial charge in [0.2, 0.25) is 0 Å². The molecule has 1 heterocycles. The molecule has 0 fully saturated rings. The van der Waals surface area contributed by atoms with E-state index in [-0.39, 0.29) is 6.04 Å². The van der Waals surface area contributed by atoms with Gasteiger partial charge in [-0.15, -0.1) is 0 Å². The zero-order chi connectivity index (χ0) is 12.4. The van der Waals surface area contributed by atoms with Crippen molar-refractivity contribution < 1.29 is 4.42 Å². The second-order valence-electron chi connectivity index (χ2n) is 4.33. The molecule has 2 nitrogen and oxygen atoms in total. The molecule has 0 aliphatic carbocycles. The van der Waals surface area contributed by atoms with Crippen LogP contribution in [0.25, 0.3) is 0 Å². The van der Waals surface area contributed by atoms with Gasteiger partial charge in [-0.05, 0) is 49.6 Å². The van der Waals surface area contributed by atoms with Gasteiger partial charge in [0.15, 0.2) is 0 Å². The van der Waals surface area contributed by atoms with E-state index in [1.807, 2.05) is 44.2 Å². The summed E-state index contributed by atoms with van der Waals surface area (Å²) in [6, 6.07) is 9.63. The van der Waals surface area contributed by atoms with E-state index in [9.17, 15) is 0 Å². The summed E-state index contributed by atoms with van der Waals surface area (Å²) in [5.41, 5.74) is 8.38. The molecule has 1 unspecified atom stereocenters. The Balaban J connectivity index is 2.14. The Labute approximate surface area is 106 Å². The molecule has 0 saturated heterocycles. The minimum atomic E-state index is -0.124. The van der Waals surface area contributed by atoms with Crippen molar-refractivity contribution in [2.75, 3.05) is 0 Å². The van der Waals surface area contributed by atoms with Crippen LogP contribution >= 0.6 is 11.6 Å². The summed E-state index contributed by atoms with van der Waals surface area (Å²) in [6.07, 6.45) is 0.729. The quantitative estimate of drug-likeness (QED) is 0.899. The lowest BCUT2D eigenvalue weighted by Crippen LogP contribution is -2.12. The molecule has 0 bridgehead atoms. The van der Waals surface area contributed by atoms with Crippen molar-refractivity contribution in [1.29, 1.82) is 0 Å². The lowest BCUT2D eigenvalue weighted by molar-refractivity contribution is 0.444. The molecule has 17 heavy (non-hydrogen) atoms. The van der Waals surface area contributed by atoms with Crippen molar-refractivity contribution in [1.82, 2.24) is 0 Å². The van der Waals surface area contributed by atoms with Gasteiger partial charge >= 0.3 is 0 Å². The van der Waals surface area contributed by atoms with Crippen molar-refractivity contribution in [2.45, 2.75) is 26.3 Å². The Hall–Kier alpha value is -1.25. The van der Waals surface area contributed by atoms with E-state index in [1.54, 1.807) is 0 Å². The van der Waals surface area contributed by atoms with Crippen LogP contribution in [0.15, 0.2) is 34.7 Å². The zero-order valence-corrected chi connectivity index (χ0v) is 10.8. The smallest absolute Gasteiger partial charge is 0.121 e. The molecular weight excluding hydrogens is 234 g/mol. The number of hydrogen-bond acceptors (Lipinski definition) is 2. The van der Waals surface area contributed by atoms with Gasteiger partial charge in [-0.3, -0.25) is 0 Å². The van der Waals surface area contributed by atoms with Gasteiger partial charge in [-0.25, -0.2) is 0 Å². The van der Waals surface area contributed by atoms with E-state index in [0.717, 1.165) is 34.1 Å². The van der Waals surface area contributed by atoms with Crippen molar-refractivity contribution >= 4 is 11.6 Å². The van der Waals surface area contributed by atoms with Gasteiger partial charge in [0.1, 0.15) is 11.5 Å². The molecule has 2 rings (SSSR count). The molecule has 1 aromatic heterocycles. The number of furan rings is 1. The number of nitrogens with two attached hydrogens (primary N) is 1. The zero-order valence-electron chi connectivity index (χ0n) is 10.0. The highest BCUT2D eigenvalue weighted by molar-refractivity contribution is 6.30. The highest BCUT2D eigenvalue weighted by Gasteiger charge is 2.13. The summed E-state index contributed by atoms with van der Waals surface area (Å²) < 4.78 is 5.62. The molecule has 0 aliphatic rings. The number of halogens is 1. The van der Waals surface area contributed by atoms with Crippen LogP contribution < -0.4 is 5.73 Å². The summed E-state index contributed by atoms with van der Waals surface area (Å²) in [5.74, 6) is 1.77. The summed E-state index contributed by atoms with van der Waals surface area (Å²) in [6.45, 7) is 3.97. The van der Waals surface area contributed by atoms with E-state index in [2.05, 4.69) is 0 Å². The van der Waals surface area contributed by atoms with Crippen LogP contribution in [0.2, 0.25) is 5.02 Å². The summed E-state index contributed by atoms with van der Waals surface area (Å²) in [7, 11) is 0. The minimum absolute atomic E-state index is 0.124. The largest absolute Gasteiger partial charge is 0.464 e. The summed E-state index contributed by atoms with van der Waals surface area (Å²) in [4.78, 5) is 0. The van der Waals surface area contributed by atoms with Crippen LogP contribution in [0.1, 0.15) is 28.7 Å². The molecular formula is C14H16ClNO. The Morgan fingerprint density at radius 2 is 2.06 bits per heavy atom. The molecule has 3 heteroatoms. The third-order valence-corrected chi connectivity index (χ3v) is 3.13. The van der Waals surface area contributed by atoms with Gasteiger partial charge in [-0.1, -0.05) is 23.7 Å². The maximum atomic E-state index is 6.12. The number of rotatable bonds is 3. The minimum Gasteiger partial charge on any atom is -0.464 e. The Morgan fingerprint density at radius 1 is 1.29 bits per heavy atom. The van der Waals surface area contributed by atoms with Gasteiger partial charge in [0.25, 0.3) is 0 Å². The van der Waals surface area contributed by atoms with E-state index in [1.165, 1.54) is 0 Å². The van der Waals surface area contributed by atoms with Crippen molar-refractivity contribution in [3.05, 3.63) is 58.0 Å². The summed E-state index contributed by atoms with van der Waals surface area (Å²) >= 11 is 5.94. The molecule has 1 atom stereocenters. The molecule has 90 valence electrons. The summed E-state index contributed by atoms with van der Waals surface area (Å²) in [5, 5.41) is 0.738. The molecule has 0 saturated carbocycles. The first-order chi connectivity index (χ1) is 8.06. The molecule has 2 aromatic rings. The molecule has 1 aromatic carbocycles. The van der Waals surface area contributed by atoms with Crippen molar-refractivity contribution in [3.63, 3.8) is 0 Å². The van der Waals surface area contributed by atoms with Gasteiger partial charge < -0.3 is 10.2 Å². The van der Waals surface area contributed by atoms with Gasteiger partial charge in [0, 0.05) is 5.02 Å².